The Labute approximate surface area is 123 Å². The average molecular weight is 331 g/mol. The van der Waals surface area contributed by atoms with Crippen molar-refractivity contribution >= 4 is 33.4 Å². The lowest BCUT2D eigenvalue weighted by atomic mass is 10.0. The van der Waals surface area contributed by atoms with Gasteiger partial charge >= 0.3 is 0 Å². The van der Waals surface area contributed by atoms with Crippen molar-refractivity contribution in [1.29, 1.82) is 0 Å². The molecular formula is C14H23BrN2S. The molecule has 2 N–H and O–H groups in total. The van der Waals surface area contributed by atoms with Crippen LogP contribution in [0.2, 0.25) is 0 Å². The van der Waals surface area contributed by atoms with Crippen LogP contribution in [0, 0.1) is 0 Å². The molecule has 0 saturated heterocycles. The third-order valence-electron chi connectivity index (χ3n) is 3.08. The Kier molecular flexibility index (Phi) is 7.12. The molecule has 0 saturated carbocycles. The third-order valence-corrected chi connectivity index (χ3v) is 4.30. The van der Waals surface area contributed by atoms with E-state index in [1.54, 1.807) is 0 Å². The molecule has 0 amide bonds. The lowest BCUT2D eigenvalue weighted by molar-refractivity contribution is 0.646. The highest BCUT2D eigenvalue weighted by atomic mass is 79.9. The second-order valence-electron chi connectivity index (χ2n) is 4.57. The van der Waals surface area contributed by atoms with Crippen molar-refractivity contribution in [2.75, 3.05) is 30.5 Å². The number of rotatable bonds is 7. The molecule has 0 bridgehead atoms. The summed E-state index contributed by atoms with van der Waals surface area (Å²) in [5, 5.41) is 0. The van der Waals surface area contributed by atoms with Crippen LogP contribution in [0.15, 0.2) is 22.7 Å². The fourth-order valence-electron chi connectivity index (χ4n) is 1.78. The first-order chi connectivity index (χ1) is 8.58. The Morgan fingerprint density at radius 3 is 2.72 bits per heavy atom. The topological polar surface area (TPSA) is 29.3 Å². The number of anilines is 1. The molecule has 0 spiro atoms. The molecule has 4 heteroatoms. The molecule has 0 aliphatic heterocycles. The predicted molar refractivity (Wildman–Crippen MR) is 87.8 cm³/mol. The highest BCUT2D eigenvalue weighted by Gasteiger charge is 2.08. The monoisotopic (exact) mass is 330 g/mol. The van der Waals surface area contributed by atoms with Gasteiger partial charge in [0, 0.05) is 29.9 Å². The van der Waals surface area contributed by atoms with Gasteiger partial charge < -0.3 is 10.6 Å². The van der Waals surface area contributed by atoms with Crippen molar-refractivity contribution in [3.05, 3.63) is 28.2 Å². The van der Waals surface area contributed by atoms with Crippen LogP contribution < -0.4 is 10.6 Å². The molecule has 102 valence electrons. The average Bonchev–Trinajstić information content (AvgIpc) is 2.36. The zero-order valence-electron chi connectivity index (χ0n) is 11.4. The first-order valence-corrected chi connectivity index (χ1v) is 8.51. The van der Waals surface area contributed by atoms with E-state index in [-0.39, 0.29) is 6.04 Å². The smallest absolute Gasteiger partial charge is 0.0508 e. The Morgan fingerprint density at radius 1 is 1.44 bits per heavy atom. The van der Waals surface area contributed by atoms with E-state index in [1.165, 1.54) is 11.3 Å². The van der Waals surface area contributed by atoms with E-state index >= 15 is 0 Å². The number of hydrogen-bond donors (Lipinski definition) is 1. The fraction of sp³-hybridized carbons (Fsp3) is 0.571. The molecule has 1 unspecified atom stereocenters. The Balaban J connectivity index is 2.72. The number of nitrogens with zero attached hydrogens (tertiary/aromatic N) is 1. The summed E-state index contributed by atoms with van der Waals surface area (Å²) in [7, 11) is 2.13. The molecule has 1 aromatic rings. The first kappa shape index (κ1) is 15.9. The lowest BCUT2D eigenvalue weighted by Gasteiger charge is -2.21. The maximum atomic E-state index is 5.99. The molecule has 0 aliphatic carbocycles. The van der Waals surface area contributed by atoms with Crippen LogP contribution in [0.5, 0.6) is 0 Å². The Bertz CT molecular complexity index is 371. The van der Waals surface area contributed by atoms with Gasteiger partial charge in [0.2, 0.25) is 0 Å². The maximum absolute atomic E-state index is 5.99. The third kappa shape index (κ3) is 4.82. The zero-order chi connectivity index (χ0) is 13.5. The van der Waals surface area contributed by atoms with E-state index in [0.29, 0.717) is 0 Å². The van der Waals surface area contributed by atoms with Gasteiger partial charge in [-0.15, -0.1) is 0 Å². The fourth-order valence-corrected chi connectivity index (χ4v) is 2.97. The van der Waals surface area contributed by atoms with Crippen LogP contribution >= 0.6 is 27.7 Å². The summed E-state index contributed by atoms with van der Waals surface area (Å²) in [6.07, 6.45) is 4.11. The molecule has 1 aromatic carbocycles. The van der Waals surface area contributed by atoms with E-state index in [1.807, 2.05) is 11.8 Å². The van der Waals surface area contributed by atoms with Gasteiger partial charge in [0.05, 0.1) is 5.69 Å². The molecule has 2 nitrogen and oxygen atoms in total. The highest BCUT2D eigenvalue weighted by Crippen LogP contribution is 2.27. The molecule has 0 heterocycles. The molecule has 0 aliphatic rings. The van der Waals surface area contributed by atoms with Gasteiger partial charge in [-0.3, -0.25) is 0 Å². The van der Waals surface area contributed by atoms with Gasteiger partial charge in [0.15, 0.2) is 0 Å². The number of thioether (sulfide) groups is 1. The van der Waals surface area contributed by atoms with Crippen molar-refractivity contribution in [1.82, 2.24) is 0 Å². The summed E-state index contributed by atoms with van der Waals surface area (Å²) in [4.78, 5) is 2.28. The summed E-state index contributed by atoms with van der Waals surface area (Å²) in [5.41, 5.74) is 8.54. The molecular weight excluding hydrogens is 308 g/mol. The number of benzene rings is 1. The van der Waals surface area contributed by atoms with Crippen LogP contribution in [0.3, 0.4) is 0 Å². The summed E-state index contributed by atoms with van der Waals surface area (Å²) in [6, 6.07) is 6.82. The summed E-state index contributed by atoms with van der Waals surface area (Å²) in [6.45, 7) is 3.19. The van der Waals surface area contributed by atoms with Crippen molar-refractivity contribution < 1.29 is 0 Å². The minimum atomic E-state index is 0.261. The largest absolute Gasteiger partial charge is 0.373 e. The van der Waals surface area contributed by atoms with Crippen molar-refractivity contribution in [3.8, 4) is 0 Å². The van der Waals surface area contributed by atoms with E-state index in [2.05, 4.69) is 59.3 Å². The Morgan fingerprint density at radius 2 is 2.17 bits per heavy atom. The lowest BCUT2D eigenvalue weighted by Crippen LogP contribution is -2.22. The van der Waals surface area contributed by atoms with Crippen LogP contribution in [0.1, 0.15) is 18.9 Å². The van der Waals surface area contributed by atoms with Crippen LogP contribution in [-0.4, -0.2) is 31.6 Å². The summed E-state index contributed by atoms with van der Waals surface area (Å²) in [5.74, 6) is 1.14. The second-order valence-corrected chi connectivity index (χ2v) is 6.41. The second kappa shape index (κ2) is 8.08. The van der Waals surface area contributed by atoms with Gasteiger partial charge in [0.1, 0.15) is 0 Å². The van der Waals surface area contributed by atoms with Crippen LogP contribution in [-0.2, 0) is 6.42 Å². The van der Waals surface area contributed by atoms with Gasteiger partial charge in [-0.2, -0.15) is 11.8 Å². The minimum absolute atomic E-state index is 0.261. The van der Waals surface area contributed by atoms with Gasteiger partial charge in [-0.05, 0) is 52.7 Å². The van der Waals surface area contributed by atoms with Gasteiger partial charge in [-0.1, -0.05) is 13.0 Å². The number of nitrogens with two attached hydrogens (primary N) is 1. The Hall–Kier alpha value is -0.190. The first-order valence-electron chi connectivity index (χ1n) is 6.32. The van der Waals surface area contributed by atoms with E-state index in [4.69, 9.17) is 5.73 Å². The van der Waals surface area contributed by atoms with E-state index in [0.717, 1.165) is 29.6 Å². The van der Waals surface area contributed by atoms with E-state index < -0.39 is 0 Å². The van der Waals surface area contributed by atoms with E-state index in [9.17, 15) is 0 Å². The number of hydrogen-bond acceptors (Lipinski definition) is 3. The van der Waals surface area contributed by atoms with Crippen molar-refractivity contribution in [2.45, 2.75) is 25.8 Å². The standard InChI is InChI=1S/C14H23BrN2S/c1-4-12(16)9-11-5-6-14(13(15)10-11)17(2)7-8-18-3/h5-6,10,12H,4,7-9,16H2,1-3H3. The molecule has 0 aromatic heterocycles. The normalized spacial score (nSPS) is 12.5. The highest BCUT2D eigenvalue weighted by molar-refractivity contribution is 9.10. The maximum Gasteiger partial charge on any atom is 0.0508 e. The van der Waals surface area contributed by atoms with Crippen molar-refractivity contribution in [3.63, 3.8) is 0 Å². The quantitative estimate of drug-likeness (QED) is 0.829. The zero-order valence-corrected chi connectivity index (χ0v) is 13.9. The molecule has 0 fully saturated rings. The SMILES string of the molecule is CCC(N)Cc1ccc(N(C)CCSC)c(Br)c1. The minimum Gasteiger partial charge on any atom is -0.373 e. The number of halogens is 1. The van der Waals surface area contributed by atoms with Crippen molar-refractivity contribution in [2.24, 2.45) is 5.73 Å². The predicted octanol–water partition coefficient (Wildman–Crippen LogP) is 3.53. The van der Waals surface area contributed by atoms with Gasteiger partial charge in [0.25, 0.3) is 0 Å². The molecule has 1 atom stereocenters. The van der Waals surface area contributed by atoms with Crippen LogP contribution in [0.4, 0.5) is 5.69 Å². The van der Waals surface area contributed by atoms with Gasteiger partial charge in [-0.25, -0.2) is 0 Å². The molecule has 1 rings (SSSR count). The van der Waals surface area contributed by atoms with Crippen LogP contribution in [0.25, 0.3) is 0 Å². The summed E-state index contributed by atoms with van der Waals surface area (Å²) >= 11 is 5.53. The summed E-state index contributed by atoms with van der Waals surface area (Å²) < 4.78 is 1.16. The molecule has 18 heavy (non-hydrogen) atoms. The molecule has 0 radical (unpaired) electrons.